The lowest BCUT2D eigenvalue weighted by Crippen LogP contribution is -2.34. The summed E-state index contributed by atoms with van der Waals surface area (Å²) in [4.78, 5) is 14.0. The van der Waals surface area contributed by atoms with E-state index >= 15 is 0 Å². The Kier molecular flexibility index (Phi) is 5.19. The number of carbonyl (C=O) groups excluding carboxylic acids is 1. The molecule has 0 bridgehead atoms. The lowest BCUT2D eigenvalue weighted by atomic mass is 9.89. The summed E-state index contributed by atoms with van der Waals surface area (Å²) in [5.41, 5.74) is 5.40. The van der Waals surface area contributed by atoms with Crippen LogP contribution >= 0.6 is 12.2 Å². The van der Waals surface area contributed by atoms with Gasteiger partial charge >= 0.3 is 0 Å². The van der Waals surface area contributed by atoms with E-state index in [0.717, 1.165) is 31.8 Å². The Morgan fingerprint density at radius 3 is 2.69 bits per heavy atom. The van der Waals surface area contributed by atoms with Crippen LogP contribution in [0.4, 0.5) is 0 Å². The molecule has 1 unspecified atom stereocenters. The maximum atomic E-state index is 11.8. The van der Waals surface area contributed by atoms with Gasteiger partial charge in [0.1, 0.15) is 0 Å². The molecule has 1 heterocycles. The fourth-order valence-corrected chi connectivity index (χ4v) is 2.42. The Morgan fingerprint density at radius 1 is 1.44 bits per heavy atom. The predicted molar refractivity (Wildman–Crippen MR) is 70.2 cm³/mol. The van der Waals surface area contributed by atoms with Crippen LogP contribution in [0.1, 0.15) is 39.5 Å². The van der Waals surface area contributed by atoms with E-state index in [-0.39, 0.29) is 12.3 Å². The van der Waals surface area contributed by atoms with Gasteiger partial charge in [0.15, 0.2) is 0 Å². The number of thiocarbonyl (C=S) groups is 1. The summed E-state index contributed by atoms with van der Waals surface area (Å²) in [7, 11) is 0. The van der Waals surface area contributed by atoms with Gasteiger partial charge < -0.3 is 10.6 Å². The van der Waals surface area contributed by atoms with Crippen molar-refractivity contribution in [3.8, 4) is 0 Å². The van der Waals surface area contributed by atoms with Crippen LogP contribution in [-0.2, 0) is 4.79 Å². The van der Waals surface area contributed by atoms with Crippen LogP contribution in [0.5, 0.6) is 0 Å². The first-order chi connectivity index (χ1) is 7.50. The zero-order valence-corrected chi connectivity index (χ0v) is 11.1. The number of likely N-dealkylation sites (tertiary alicyclic amines) is 1. The van der Waals surface area contributed by atoms with E-state index in [4.69, 9.17) is 18.0 Å². The maximum Gasteiger partial charge on any atom is 0.229 e. The zero-order chi connectivity index (χ0) is 12.1. The molecule has 4 heteroatoms. The molecular formula is C12H22N2OS. The minimum atomic E-state index is 0.0944. The zero-order valence-electron chi connectivity index (χ0n) is 10.2. The molecule has 16 heavy (non-hydrogen) atoms. The third-order valence-electron chi connectivity index (χ3n) is 3.39. The van der Waals surface area contributed by atoms with Crippen molar-refractivity contribution in [1.82, 2.24) is 4.90 Å². The molecule has 0 aromatic rings. The minimum Gasteiger partial charge on any atom is -0.393 e. The number of amides is 1. The molecule has 0 aromatic heterocycles. The molecular weight excluding hydrogens is 220 g/mol. The van der Waals surface area contributed by atoms with Gasteiger partial charge in [-0.15, -0.1) is 0 Å². The summed E-state index contributed by atoms with van der Waals surface area (Å²) in [6.45, 7) is 6.25. The topological polar surface area (TPSA) is 46.3 Å². The van der Waals surface area contributed by atoms with Crippen molar-refractivity contribution in [3.05, 3.63) is 0 Å². The van der Waals surface area contributed by atoms with Crippen LogP contribution in [0.2, 0.25) is 0 Å². The Labute approximate surface area is 103 Å². The molecule has 1 amide bonds. The first kappa shape index (κ1) is 13.4. The third-order valence-corrected chi connectivity index (χ3v) is 3.54. The Balaban J connectivity index is 2.46. The summed E-state index contributed by atoms with van der Waals surface area (Å²) < 4.78 is 0. The van der Waals surface area contributed by atoms with Gasteiger partial charge in [0.25, 0.3) is 0 Å². The van der Waals surface area contributed by atoms with Gasteiger partial charge in [-0.25, -0.2) is 0 Å². The van der Waals surface area contributed by atoms with Gasteiger partial charge in [0.2, 0.25) is 5.91 Å². The van der Waals surface area contributed by atoms with Crippen LogP contribution in [0.3, 0.4) is 0 Å². The van der Waals surface area contributed by atoms with Gasteiger partial charge in [0, 0.05) is 13.1 Å². The van der Waals surface area contributed by atoms with Crippen LogP contribution < -0.4 is 5.73 Å². The molecule has 2 N–H and O–H groups in total. The number of nitrogens with two attached hydrogens (primary N) is 1. The molecule has 1 aliphatic heterocycles. The highest BCUT2D eigenvalue weighted by molar-refractivity contribution is 7.80. The standard InChI is InChI=1S/C12H22N2OS/c1-9(2)10-4-3-6-14(7-5-10)12(15)8-11(13)16/h9-10H,3-8H2,1-2H3,(H2,13,16). The molecule has 1 fully saturated rings. The first-order valence-corrected chi connectivity index (χ1v) is 6.47. The second kappa shape index (κ2) is 6.18. The van der Waals surface area contributed by atoms with Gasteiger partial charge in [-0.2, -0.15) is 0 Å². The quantitative estimate of drug-likeness (QED) is 0.769. The second-order valence-corrected chi connectivity index (χ2v) is 5.48. The van der Waals surface area contributed by atoms with Crippen LogP contribution in [0, 0.1) is 11.8 Å². The number of hydrogen-bond acceptors (Lipinski definition) is 2. The van der Waals surface area contributed by atoms with Gasteiger partial charge in [-0.3, -0.25) is 4.79 Å². The van der Waals surface area contributed by atoms with E-state index < -0.39 is 0 Å². The molecule has 0 radical (unpaired) electrons. The molecule has 0 aliphatic carbocycles. The predicted octanol–water partition coefficient (Wildman–Crippen LogP) is 1.95. The average Bonchev–Trinajstić information content (AvgIpc) is 2.41. The summed E-state index contributed by atoms with van der Waals surface area (Å²) in [6.07, 6.45) is 3.67. The van der Waals surface area contributed by atoms with Crippen molar-refractivity contribution in [2.75, 3.05) is 13.1 Å². The van der Waals surface area contributed by atoms with E-state index in [2.05, 4.69) is 13.8 Å². The SMILES string of the molecule is CC(C)C1CCCN(C(=O)CC(N)=S)CC1. The van der Waals surface area contributed by atoms with E-state index in [9.17, 15) is 4.79 Å². The lowest BCUT2D eigenvalue weighted by Gasteiger charge is -2.21. The molecule has 1 rings (SSSR count). The van der Waals surface area contributed by atoms with E-state index in [1.807, 2.05) is 4.90 Å². The Hall–Kier alpha value is -0.640. The second-order valence-electron chi connectivity index (χ2n) is 4.96. The monoisotopic (exact) mass is 242 g/mol. The van der Waals surface area contributed by atoms with Crippen LogP contribution in [0.25, 0.3) is 0 Å². The highest BCUT2D eigenvalue weighted by Gasteiger charge is 2.22. The molecule has 0 aromatic carbocycles. The average molecular weight is 242 g/mol. The molecule has 1 aliphatic rings. The van der Waals surface area contributed by atoms with Crippen LogP contribution in [0.15, 0.2) is 0 Å². The van der Waals surface area contributed by atoms with Crippen molar-refractivity contribution in [2.45, 2.75) is 39.5 Å². The highest BCUT2D eigenvalue weighted by Crippen LogP contribution is 2.24. The molecule has 1 atom stereocenters. The number of hydrogen-bond donors (Lipinski definition) is 1. The van der Waals surface area contributed by atoms with Gasteiger partial charge in [-0.1, -0.05) is 26.1 Å². The molecule has 0 spiro atoms. The summed E-state index contributed by atoms with van der Waals surface area (Å²) in [5.74, 6) is 1.56. The van der Waals surface area contributed by atoms with E-state index in [0.29, 0.717) is 10.9 Å². The Bertz CT molecular complexity index is 266. The smallest absolute Gasteiger partial charge is 0.229 e. The van der Waals surface area contributed by atoms with Crippen LogP contribution in [-0.4, -0.2) is 28.9 Å². The molecule has 1 saturated heterocycles. The fraction of sp³-hybridized carbons (Fsp3) is 0.833. The summed E-state index contributed by atoms with van der Waals surface area (Å²) >= 11 is 4.77. The highest BCUT2D eigenvalue weighted by atomic mass is 32.1. The normalized spacial score (nSPS) is 21.9. The number of carbonyl (C=O) groups is 1. The van der Waals surface area contributed by atoms with Gasteiger partial charge in [0.05, 0.1) is 11.4 Å². The van der Waals surface area contributed by atoms with Crippen molar-refractivity contribution in [1.29, 1.82) is 0 Å². The fourth-order valence-electron chi connectivity index (χ4n) is 2.30. The molecule has 0 saturated carbocycles. The van der Waals surface area contributed by atoms with Gasteiger partial charge in [-0.05, 0) is 31.1 Å². The first-order valence-electron chi connectivity index (χ1n) is 6.06. The Morgan fingerprint density at radius 2 is 2.12 bits per heavy atom. The van der Waals surface area contributed by atoms with E-state index in [1.165, 1.54) is 6.42 Å². The maximum absolute atomic E-state index is 11.8. The third kappa shape index (κ3) is 4.08. The number of nitrogens with zero attached hydrogens (tertiary/aromatic N) is 1. The van der Waals surface area contributed by atoms with Crippen molar-refractivity contribution in [2.24, 2.45) is 17.6 Å². The summed E-state index contributed by atoms with van der Waals surface area (Å²) in [6, 6.07) is 0. The summed E-state index contributed by atoms with van der Waals surface area (Å²) in [5, 5.41) is 0. The minimum absolute atomic E-state index is 0.0944. The largest absolute Gasteiger partial charge is 0.393 e. The van der Waals surface area contributed by atoms with Crippen molar-refractivity contribution in [3.63, 3.8) is 0 Å². The van der Waals surface area contributed by atoms with Crippen molar-refractivity contribution >= 4 is 23.1 Å². The van der Waals surface area contributed by atoms with Crippen molar-refractivity contribution < 1.29 is 4.79 Å². The van der Waals surface area contributed by atoms with E-state index in [1.54, 1.807) is 0 Å². The number of rotatable bonds is 3. The molecule has 92 valence electrons. The lowest BCUT2D eigenvalue weighted by molar-refractivity contribution is -0.129. The molecule has 3 nitrogen and oxygen atoms in total.